The monoisotopic (exact) mass is 322 g/mol. The van der Waals surface area contributed by atoms with E-state index in [9.17, 15) is 0 Å². The zero-order chi connectivity index (χ0) is 16.5. The van der Waals surface area contributed by atoms with Gasteiger partial charge in [-0.3, -0.25) is 0 Å². The molecule has 0 fully saturated rings. The van der Waals surface area contributed by atoms with Crippen molar-refractivity contribution in [2.24, 2.45) is 0 Å². The van der Waals surface area contributed by atoms with Gasteiger partial charge in [0.15, 0.2) is 0 Å². The average Bonchev–Trinajstić information content (AvgIpc) is 3.24. The summed E-state index contributed by atoms with van der Waals surface area (Å²) in [6.45, 7) is 0. The van der Waals surface area contributed by atoms with Gasteiger partial charge in [0.25, 0.3) is 11.8 Å². The third-order valence-corrected chi connectivity index (χ3v) is 3.66. The maximum atomic E-state index is 5.56. The average molecular weight is 322 g/mol. The first kappa shape index (κ1) is 14.2. The number of methoxy groups -OCH3 is 2. The molecule has 0 atom stereocenters. The van der Waals surface area contributed by atoms with E-state index in [1.54, 1.807) is 23.6 Å². The lowest BCUT2D eigenvalue weighted by atomic mass is 10.3. The fourth-order valence-corrected chi connectivity index (χ4v) is 2.57. The number of ether oxygens (including phenoxy) is 2. The Hall–Kier alpha value is -3.42. The summed E-state index contributed by atoms with van der Waals surface area (Å²) in [5.41, 5.74) is 3.11. The minimum atomic E-state index is 0.363. The molecule has 8 nitrogen and oxygen atoms in total. The lowest BCUT2D eigenvalue weighted by Gasteiger charge is -2.13. The predicted molar refractivity (Wildman–Crippen MR) is 88.5 cm³/mol. The lowest BCUT2D eigenvalue weighted by Crippen LogP contribution is -2.11. The summed E-state index contributed by atoms with van der Waals surface area (Å²) in [5.74, 6) is 0.726. The van der Waals surface area contributed by atoms with E-state index in [-0.39, 0.29) is 0 Å². The van der Waals surface area contributed by atoms with Crippen LogP contribution in [0.1, 0.15) is 0 Å². The van der Waals surface area contributed by atoms with E-state index in [2.05, 4.69) is 20.6 Å². The van der Waals surface area contributed by atoms with Crippen molar-refractivity contribution >= 4 is 33.8 Å². The first-order chi connectivity index (χ1) is 11.8. The second-order valence-electron chi connectivity index (χ2n) is 5.00. The van der Waals surface area contributed by atoms with Gasteiger partial charge in [-0.1, -0.05) is 34.7 Å². The van der Waals surface area contributed by atoms with Crippen LogP contribution in [0.2, 0.25) is 0 Å². The van der Waals surface area contributed by atoms with E-state index in [1.807, 2.05) is 48.5 Å². The van der Waals surface area contributed by atoms with E-state index < -0.39 is 0 Å². The highest BCUT2D eigenvalue weighted by Crippen LogP contribution is 2.23. The van der Waals surface area contributed by atoms with E-state index in [0.29, 0.717) is 11.8 Å². The number of aromatic nitrogens is 6. The van der Waals surface area contributed by atoms with Gasteiger partial charge in [-0.2, -0.15) is 9.36 Å². The van der Waals surface area contributed by atoms with Crippen molar-refractivity contribution in [3.63, 3.8) is 0 Å². The van der Waals surface area contributed by atoms with Crippen LogP contribution in [0.25, 0.3) is 33.8 Å². The van der Waals surface area contributed by atoms with Gasteiger partial charge in [-0.05, 0) is 24.3 Å². The molecule has 0 aliphatic carbocycles. The minimum absolute atomic E-state index is 0.363. The van der Waals surface area contributed by atoms with Gasteiger partial charge in [-0.25, -0.2) is 0 Å². The predicted octanol–water partition coefficient (Wildman–Crippen LogP) is 2.21. The molecule has 24 heavy (non-hydrogen) atoms. The van der Waals surface area contributed by atoms with Crippen molar-refractivity contribution in [2.75, 3.05) is 14.2 Å². The molecule has 4 aromatic rings. The summed E-state index contributed by atoms with van der Waals surface area (Å²) in [6, 6.07) is 15.2. The van der Waals surface area contributed by atoms with Crippen molar-refractivity contribution in [1.82, 2.24) is 30.0 Å². The van der Waals surface area contributed by atoms with Crippen LogP contribution in [0.4, 0.5) is 0 Å². The molecule has 0 radical (unpaired) electrons. The second kappa shape index (κ2) is 5.65. The first-order valence-electron chi connectivity index (χ1n) is 7.27. The number of para-hydroxylation sites is 2. The highest BCUT2D eigenvalue weighted by Gasteiger charge is 2.20. The smallest absolute Gasteiger partial charge is 0.281 e. The molecule has 0 amide bonds. The van der Waals surface area contributed by atoms with E-state index in [0.717, 1.165) is 22.1 Å². The van der Waals surface area contributed by atoms with Crippen LogP contribution in [-0.2, 0) is 9.47 Å². The molecule has 4 rings (SSSR count). The summed E-state index contributed by atoms with van der Waals surface area (Å²) in [4.78, 5) is 0. The summed E-state index contributed by atoms with van der Waals surface area (Å²) in [7, 11) is 3.09. The van der Waals surface area contributed by atoms with E-state index in [4.69, 9.17) is 9.47 Å². The topological polar surface area (TPSA) is 79.9 Å². The Kier molecular flexibility index (Phi) is 3.34. The summed E-state index contributed by atoms with van der Waals surface area (Å²) >= 11 is 0. The highest BCUT2D eigenvalue weighted by atomic mass is 16.5. The van der Waals surface area contributed by atoms with Gasteiger partial charge < -0.3 is 9.47 Å². The van der Waals surface area contributed by atoms with Crippen LogP contribution in [0, 0.1) is 0 Å². The number of benzene rings is 2. The number of hydrogen-bond acceptors (Lipinski definition) is 6. The van der Waals surface area contributed by atoms with Crippen molar-refractivity contribution < 1.29 is 9.47 Å². The third kappa shape index (κ3) is 2.08. The fraction of sp³-hybridized carbons (Fsp3) is 0.125. The minimum Gasteiger partial charge on any atom is -0.477 e. The Morgan fingerprint density at radius 1 is 0.708 bits per heavy atom. The van der Waals surface area contributed by atoms with Gasteiger partial charge in [0.1, 0.15) is 11.0 Å². The maximum Gasteiger partial charge on any atom is 0.281 e. The Labute approximate surface area is 136 Å². The van der Waals surface area contributed by atoms with Crippen LogP contribution in [-0.4, -0.2) is 44.2 Å². The first-order valence-corrected chi connectivity index (χ1v) is 7.27. The largest absolute Gasteiger partial charge is 0.477 e. The van der Waals surface area contributed by atoms with Crippen molar-refractivity contribution in [1.29, 1.82) is 0 Å². The molecule has 0 unspecified atom stereocenters. The molecular formula is C16H14N6O2. The Morgan fingerprint density at radius 2 is 1.12 bits per heavy atom. The Bertz CT molecular complexity index is 965. The van der Waals surface area contributed by atoms with Crippen LogP contribution < -0.4 is 0 Å². The van der Waals surface area contributed by atoms with Crippen molar-refractivity contribution in [2.45, 2.75) is 0 Å². The normalized spacial score (nSPS) is 12.4. The molecule has 2 aromatic carbocycles. The Balaban J connectivity index is 1.98. The molecule has 0 aliphatic heterocycles. The van der Waals surface area contributed by atoms with Crippen LogP contribution in [0.5, 0.6) is 0 Å². The van der Waals surface area contributed by atoms with Gasteiger partial charge in [0.2, 0.25) is 0 Å². The van der Waals surface area contributed by atoms with E-state index >= 15 is 0 Å². The number of nitrogens with zero attached hydrogens (tertiary/aromatic N) is 6. The molecule has 0 saturated heterocycles. The SMILES string of the molecule is CO/C(=C(/OC)n1nnc2ccccc21)n1nnc2ccccc21. The molecule has 0 saturated carbocycles. The lowest BCUT2D eigenvalue weighted by molar-refractivity contribution is 0.288. The quantitative estimate of drug-likeness (QED) is 0.536. The molecule has 0 spiro atoms. The zero-order valence-corrected chi connectivity index (χ0v) is 13.1. The van der Waals surface area contributed by atoms with Gasteiger partial charge in [0, 0.05) is 0 Å². The Morgan fingerprint density at radius 3 is 1.54 bits per heavy atom. The molecule has 0 bridgehead atoms. The summed E-state index contributed by atoms with van der Waals surface area (Å²) in [6.07, 6.45) is 0. The number of fused-ring (bicyclic) bond motifs is 2. The molecule has 2 heterocycles. The molecule has 0 aliphatic rings. The summed E-state index contributed by atoms with van der Waals surface area (Å²) < 4.78 is 14.3. The molecule has 0 N–H and O–H groups in total. The zero-order valence-electron chi connectivity index (χ0n) is 13.1. The van der Waals surface area contributed by atoms with Crippen LogP contribution >= 0.6 is 0 Å². The number of rotatable bonds is 4. The highest BCUT2D eigenvalue weighted by molar-refractivity contribution is 5.82. The van der Waals surface area contributed by atoms with Crippen LogP contribution in [0.15, 0.2) is 48.5 Å². The standard InChI is InChI=1S/C16H14N6O2/c1-23-15(21-13-9-5-3-7-11(13)17-19-21)16(24-2)22-14-10-6-4-8-12(14)18-20-22/h3-10H,1-2H3/b16-15+. The van der Waals surface area contributed by atoms with Gasteiger partial charge in [0.05, 0.1) is 25.3 Å². The van der Waals surface area contributed by atoms with Gasteiger partial charge in [-0.15, -0.1) is 10.2 Å². The number of hydrogen-bond donors (Lipinski definition) is 0. The van der Waals surface area contributed by atoms with Crippen molar-refractivity contribution in [3.05, 3.63) is 48.5 Å². The van der Waals surface area contributed by atoms with Crippen LogP contribution in [0.3, 0.4) is 0 Å². The summed E-state index contributed by atoms with van der Waals surface area (Å²) in [5, 5.41) is 16.6. The maximum absolute atomic E-state index is 5.56. The fourth-order valence-electron chi connectivity index (χ4n) is 2.57. The molecule has 2 aromatic heterocycles. The molecule has 120 valence electrons. The van der Waals surface area contributed by atoms with E-state index in [1.165, 1.54) is 0 Å². The third-order valence-electron chi connectivity index (χ3n) is 3.66. The van der Waals surface area contributed by atoms with Gasteiger partial charge >= 0.3 is 0 Å². The molecular weight excluding hydrogens is 308 g/mol. The van der Waals surface area contributed by atoms with Crippen molar-refractivity contribution in [3.8, 4) is 0 Å². The second-order valence-corrected chi connectivity index (χ2v) is 5.00. The molecule has 8 heteroatoms.